The first-order chi connectivity index (χ1) is 7.31. The molecule has 0 amide bonds. The van der Waals surface area contributed by atoms with Gasteiger partial charge in [-0.15, -0.1) is 11.3 Å². The molecule has 0 unspecified atom stereocenters. The summed E-state index contributed by atoms with van der Waals surface area (Å²) in [6.07, 6.45) is 0. The normalized spacial score (nSPS) is 9.60. The van der Waals surface area contributed by atoms with Crippen LogP contribution in [0.2, 0.25) is 0 Å². The van der Waals surface area contributed by atoms with E-state index in [4.69, 9.17) is 5.26 Å². The number of thiophene rings is 1. The molecular formula is C12H10N2S. The molecule has 0 atom stereocenters. The Kier molecular flexibility index (Phi) is 2.70. The van der Waals surface area contributed by atoms with Crippen molar-refractivity contribution in [3.05, 3.63) is 46.7 Å². The van der Waals surface area contributed by atoms with Crippen LogP contribution in [0.5, 0.6) is 0 Å². The fourth-order valence-electron chi connectivity index (χ4n) is 1.36. The van der Waals surface area contributed by atoms with E-state index < -0.39 is 0 Å². The molecule has 2 nitrogen and oxygen atoms in total. The van der Waals surface area contributed by atoms with Crippen molar-refractivity contribution < 1.29 is 0 Å². The predicted molar refractivity (Wildman–Crippen MR) is 63.5 cm³/mol. The van der Waals surface area contributed by atoms with Crippen LogP contribution in [0.25, 0.3) is 0 Å². The van der Waals surface area contributed by atoms with Crippen molar-refractivity contribution in [3.63, 3.8) is 0 Å². The van der Waals surface area contributed by atoms with Crippen LogP contribution in [0, 0.1) is 11.3 Å². The van der Waals surface area contributed by atoms with Crippen LogP contribution in [0.3, 0.4) is 0 Å². The van der Waals surface area contributed by atoms with Crippen LogP contribution in [-0.2, 0) is 0 Å². The number of benzene rings is 1. The van der Waals surface area contributed by atoms with E-state index >= 15 is 0 Å². The predicted octanol–water partition coefficient (Wildman–Crippen LogP) is 3.39. The molecule has 74 valence electrons. The highest BCUT2D eigenvalue weighted by Gasteiger charge is 2.05. The molecule has 0 aliphatic rings. The third kappa shape index (κ3) is 2.00. The highest BCUT2D eigenvalue weighted by atomic mass is 32.1. The minimum absolute atomic E-state index is 0.743. The minimum Gasteiger partial charge on any atom is -0.344 e. The number of nitrogens with zero attached hydrogens (tertiary/aromatic N) is 2. The smallest absolute Gasteiger partial charge is 0.110 e. The Labute approximate surface area is 93.0 Å². The van der Waals surface area contributed by atoms with Crippen molar-refractivity contribution in [2.24, 2.45) is 0 Å². The second-order valence-electron chi connectivity index (χ2n) is 3.18. The summed E-state index contributed by atoms with van der Waals surface area (Å²) in [6, 6.07) is 14.1. The third-order valence-electron chi connectivity index (χ3n) is 2.23. The highest BCUT2D eigenvalue weighted by Crippen LogP contribution is 2.27. The molecule has 0 radical (unpaired) electrons. The standard InChI is InChI=1S/C12H10N2S/c1-14(10-5-3-2-4-6-10)11-7-12(8-13)15-9-11/h2-7,9H,1H3. The summed E-state index contributed by atoms with van der Waals surface area (Å²) in [5.74, 6) is 0. The Bertz CT molecular complexity index is 482. The summed E-state index contributed by atoms with van der Waals surface area (Å²) in [4.78, 5) is 2.81. The van der Waals surface area contributed by atoms with Gasteiger partial charge in [-0.25, -0.2) is 0 Å². The van der Waals surface area contributed by atoms with Crippen molar-refractivity contribution in [3.8, 4) is 6.07 Å². The number of rotatable bonds is 2. The molecule has 0 saturated heterocycles. The van der Waals surface area contributed by atoms with E-state index in [0.717, 1.165) is 16.3 Å². The van der Waals surface area contributed by atoms with Crippen molar-refractivity contribution in [2.75, 3.05) is 11.9 Å². The van der Waals surface area contributed by atoms with E-state index in [1.165, 1.54) is 11.3 Å². The van der Waals surface area contributed by atoms with Crippen molar-refractivity contribution >= 4 is 22.7 Å². The van der Waals surface area contributed by atoms with Gasteiger partial charge in [-0.3, -0.25) is 0 Å². The van der Waals surface area contributed by atoms with E-state index in [0.29, 0.717) is 0 Å². The zero-order valence-electron chi connectivity index (χ0n) is 8.34. The Morgan fingerprint density at radius 1 is 1.20 bits per heavy atom. The summed E-state index contributed by atoms with van der Waals surface area (Å²) >= 11 is 1.47. The molecule has 0 bridgehead atoms. The summed E-state index contributed by atoms with van der Waals surface area (Å²) in [5.41, 5.74) is 2.18. The third-order valence-corrected chi connectivity index (χ3v) is 3.05. The molecule has 3 heteroatoms. The fraction of sp³-hybridized carbons (Fsp3) is 0.0833. The van der Waals surface area contributed by atoms with Crippen molar-refractivity contribution in [1.29, 1.82) is 5.26 Å². The fourth-order valence-corrected chi connectivity index (χ4v) is 2.08. The second kappa shape index (κ2) is 4.16. The number of hydrogen-bond acceptors (Lipinski definition) is 3. The second-order valence-corrected chi connectivity index (χ2v) is 4.09. The molecule has 0 aliphatic carbocycles. The molecule has 2 rings (SSSR count). The van der Waals surface area contributed by atoms with Crippen molar-refractivity contribution in [1.82, 2.24) is 0 Å². The van der Waals surface area contributed by atoms with E-state index in [1.807, 2.05) is 48.8 Å². The van der Waals surface area contributed by atoms with E-state index in [1.54, 1.807) is 0 Å². The summed E-state index contributed by atoms with van der Waals surface area (Å²) in [5, 5.41) is 10.7. The molecule has 0 fully saturated rings. The topological polar surface area (TPSA) is 27.0 Å². The Balaban J connectivity index is 2.29. The molecule has 0 saturated carbocycles. The van der Waals surface area contributed by atoms with Crippen LogP contribution >= 0.6 is 11.3 Å². The van der Waals surface area contributed by atoms with Gasteiger partial charge in [0.05, 0.1) is 5.69 Å². The SMILES string of the molecule is CN(c1ccccc1)c1csc(C#N)c1. The van der Waals surface area contributed by atoms with Gasteiger partial charge in [-0.05, 0) is 18.2 Å². The molecule has 15 heavy (non-hydrogen) atoms. The van der Waals surface area contributed by atoms with Gasteiger partial charge in [0.15, 0.2) is 0 Å². The molecule has 2 aromatic rings. The van der Waals surface area contributed by atoms with E-state index in [2.05, 4.69) is 11.0 Å². The first kappa shape index (κ1) is 9.75. The van der Waals surface area contributed by atoms with Gasteiger partial charge in [0, 0.05) is 18.1 Å². The van der Waals surface area contributed by atoms with Crippen LogP contribution in [0.1, 0.15) is 4.88 Å². The summed E-state index contributed by atoms with van der Waals surface area (Å²) in [6.45, 7) is 0. The minimum atomic E-state index is 0.743. The van der Waals surface area contributed by atoms with Crippen LogP contribution in [0.15, 0.2) is 41.8 Å². The summed E-state index contributed by atoms with van der Waals surface area (Å²) in [7, 11) is 2.00. The Morgan fingerprint density at radius 2 is 1.93 bits per heavy atom. The maximum atomic E-state index is 8.75. The Hall–Kier alpha value is -1.79. The number of para-hydroxylation sites is 1. The van der Waals surface area contributed by atoms with Gasteiger partial charge < -0.3 is 4.90 Å². The molecule has 1 aromatic heterocycles. The zero-order valence-corrected chi connectivity index (χ0v) is 9.16. The molecular weight excluding hydrogens is 204 g/mol. The van der Waals surface area contributed by atoms with Gasteiger partial charge in [0.25, 0.3) is 0 Å². The molecule has 1 aromatic carbocycles. The lowest BCUT2D eigenvalue weighted by atomic mass is 10.3. The largest absolute Gasteiger partial charge is 0.344 e. The first-order valence-electron chi connectivity index (χ1n) is 4.58. The lowest BCUT2D eigenvalue weighted by molar-refractivity contribution is 1.22. The lowest BCUT2D eigenvalue weighted by Gasteiger charge is -2.17. The zero-order chi connectivity index (χ0) is 10.7. The van der Waals surface area contributed by atoms with Gasteiger partial charge >= 0.3 is 0 Å². The first-order valence-corrected chi connectivity index (χ1v) is 5.46. The maximum Gasteiger partial charge on any atom is 0.110 e. The van der Waals surface area contributed by atoms with Crippen molar-refractivity contribution in [2.45, 2.75) is 0 Å². The quantitative estimate of drug-likeness (QED) is 0.766. The highest BCUT2D eigenvalue weighted by molar-refractivity contribution is 7.11. The lowest BCUT2D eigenvalue weighted by Crippen LogP contribution is -2.07. The average molecular weight is 214 g/mol. The van der Waals surface area contributed by atoms with Crippen LogP contribution < -0.4 is 4.90 Å². The average Bonchev–Trinajstić information content (AvgIpc) is 2.78. The molecule has 0 aliphatic heterocycles. The Morgan fingerprint density at radius 3 is 2.53 bits per heavy atom. The van der Waals surface area contributed by atoms with Gasteiger partial charge in [0.1, 0.15) is 10.9 Å². The summed E-state index contributed by atoms with van der Waals surface area (Å²) < 4.78 is 0. The van der Waals surface area contributed by atoms with Crippen LogP contribution in [0.4, 0.5) is 11.4 Å². The van der Waals surface area contributed by atoms with E-state index in [9.17, 15) is 0 Å². The van der Waals surface area contributed by atoms with Gasteiger partial charge in [-0.2, -0.15) is 5.26 Å². The molecule has 0 N–H and O–H groups in total. The number of anilines is 2. The monoisotopic (exact) mass is 214 g/mol. The number of hydrogen-bond donors (Lipinski definition) is 0. The van der Waals surface area contributed by atoms with E-state index in [-0.39, 0.29) is 0 Å². The van der Waals surface area contributed by atoms with Gasteiger partial charge in [0.2, 0.25) is 0 Å². The number of nitriles is 1. The maximum absolute atomic E-state index is 8.75. The molecule has 0 spiro atoms. The van der Waals surface area contributed by atoms with Crippen LogP contribution in [-0.4, -0.2) is 7.05 Å². The molecule has 1 heterocycles. The van der Waals surface area contributed by atoms with Gasteiger partial charge in [-0.1, -0.05) is 18.2 Å².